The normalized spacial score (nSPS) is 14.0. The molecule has 1 rings (SSSR count). The Morgan fingerprint density at radius 2 is 2.06 bits per heavy atom. The lowest BCUT2D eigenvalue weighted by atomic mass is 9.94. The van der Waals surface area contributed by atoms with Crippen molar-refractivity contribution in [1.29, 1.82) is 5.26 Å². The molecule has 4 heteroatoms. The van der Waals surface area contributed by atoms with Gasteiger partial charge in [0.05, 0.1) is 6.07 Å². The van der Waals surface area contributed by atoms with Gasteiger partial charge in [0.15, 0.2) is 0 Å². The number of hydrogen-bond donors (Lipinski definition) is 1. The number of thioether (sulfide) groups is 1. The van der Waals surface area contributed by atoms with Gasteiger partial charge in [-0.1, -0.05) is 6.92 Å². The summed E-state index contributed by atoms with van der Waals surface area (Å²) in [6.45, 7) is 1.93. The van der Waals surface area contributed by atoms with Crippen LogP contribution in [0.4, 0.5) is 4.39 Å². The van der Waals surface area contributed by atoms with E-state index in [1.165, 1.54) is 12.1 Å². The Bertz CT molecular complexity index is 385. The number of halogens is 1. The van der Waals surface area contributed by atoms with Crippen molar-refractivity contribution in [2.75, 3.05) is 5.75 Å². The minimum atomic E-state index is -0.691. The van der Waals surface area contributed by atoms with Crippen molar-refractivity contribution in [2.24, 2.45) is 5.73 Å². The summed E-state index contributed by atoms with van der Waals surface area (Å²) in [4.78, 5) is 1.04. The molecule has 0 saturated heterocycles. The molecule has 0 radical (unpaired) electrons. The first-order chi connectivity index (χ1) is 8.09. The summed E-state index contributed by atoms with van der Waals surface area (Å²) in [5.41, 5.74) is 5.18. The maximum absolute atomic E-state index is 12.7. The Morgan fingerprint density at radius 1 is 1.41 bits per heavy atom. The second-order valence-electron chi connectivity index (χ2n) is 4.03. The molecule has 92 valence electrons. The lowest BCUT2D eigenvalue weighted by Crippen LogP contribution is -2.37. The van der Waals surface area contributed by atoms with Gasteiger partial charge in [0, 0.05) is 4.90 Å². The Kier molecular flexibility index (Phi) is 5.46. The number of rotatable bonds is 6. The summed E-state index contributed by atoms with van der Waals surface area (Å²) >= 11 is 1.66. The number of nitrogens with two attached hydrogens (primary N) is 1. The SMILES string of the molecule is CCC(N)(C#N)CCCSc1ccc(F)cc1. The smallest absolute Gasteiger partial charge is 0.123 e. The van der Waals surface area contributed by atoms with Crippen molar-refractivity contribution in [1.82, 2.24) is 0 Å². The zero-order chi connectivity index (χ0) is 12.7. The molecule has 2 N–H and O–H groups in total. The predicted octanol–water partition coefficient (Wildman–Crippen LogP) is 3.33. The second kappa shape index (κ2) is 6.63. The van der Waals surface area contributed by atoms with Gasteiger partial charge in [-0.3, -0.25) is 0 Å². The highest BCUT2D eigenvalue weighted by Gasteiger charge is 2.20. The van der Waals surface area contributed by atoms with Crippen LogP contribution in [0, 0.1) is 17.1 Å². The van der Waals surface area contributed by atoms with E-state index >= 15 is 0 Å². The molecule has 0 aromatic heterocycles. The zero-order valence-electron chi connectivity index (χ0n) is 9.95. The summed E-state index contributed by atoms with van der Waals surface area (Å²) in [7, 11) is 0. The summed E-state index contributed by atoms with van der Waals surface area (Å²) in [6, 6.07) is 8.59. The summed E-state index contributed by atoms with van der Waals surface area (Å²) < 4.78 is 12.7. The van der Waals surface area contributed by atoms with E-state index in [-0.39, 0.29) is 5.82 Å². The standard InChI is InChI=1S/C13H17FN2S/c1-2-13(16,10-15)8-3-9-17-12-6-4-11(14)5-7-12/h4-7H,2-3,8-9,16H2,1H3. The van der Waals surface area contributed by atoms with Gasteiger partial charge in [0.25, 0.3) is 0 Å². The average molecular weight is 252 g/mol. The van der Waals surface area contributed by atoms with E-state index in [1.54, 1.807) is 23.9 Å². The third kappa shape index (κ3) is 4.76. The van der Waals surface area contributed by atoms with E-state index in [0.29, 0.717) is 12.8 Å². The minimum absolute atomic E-state index is 0.217. The van der Waals surface area contributed by atoms with Gasteiger partial charge in [-0.25, -0.2) is 4.39 Å². The Labute approximate surface area is 106 Å². The lowest BCUT2D eigenvalue weighted by molar-refractivity contribution is 0.478. The molecule has 1 unspecified atom stereocenters. The van der Waals surface area contributed by atoms with Gasteiger partial charge in [-0.05, 0) is 49.3 Å². The highest BCUT2D eigenvalue weighted by Crippen LogP contribution is 2.21. The fraction of sp³-hybridized carbons (Fsp3) is 0.462. The van der Waals surface area contributed by atoms with Gasteiger partial charge in [-0.2, -0.15) is 5.26 Å². The van der Waals surface area contributed by atoms with Crippen LogP contribution in [-0.2, 0) is 0 Å². The molecule has 2 nitrogen and oxygen atoms in total. The molecule has 17 heavy (non-hydrogen) atoms. The van der Waals surface area contributed by atoms with Gasteiger partial charge in [0.2, 0.25) is 0 Å². The molecule has 0 heterocycles. The van der Waals surface area contributed by atoms with Crippen LogP contribution in [-0.4, -0.2) is 11.3 Å². The molecule has 0 amide bonds. The van der Waals surface area contributed by atoms with Gasteiger partial charge >= 0.3 is 0 Å². The molecule has 0 spiro atoms. The summed E-state index contributed by atoms with van der Waals surface area (Å²) in [5.74, 6) is 0.678. The number of nitriles is 1. The van der Waals surface area contributed by atoms with E-state index in [0.717, 1.165) is 17.1 Å². The second-order valence-corrected chi connectivity index (χ2v) is 5.20. The maximum Gasteiger partial charge on any atom is 0.123 e. The van der Waals surface area contributed by atoms with Crippen LogP contribution < -0.4 is 5.73 Å². The van der Waals surface area contributed by atoms with E-state index in [2.05, 4.69) is 6.07 Å². The number of hydrogen-bond acceptors (Lipinski definition) is 3. The van der Waals surface area contributed by atoms with Crippen LogP contribution in [0.1, 0.15) is 26.2 Å². The Morgan fingerprint density at radius 3 is 2.59 bits per heavy atom. The van der Waals surface area contributed by atoms with Crippen molar-refractivity contribution in [3.63, 3.8) is 0 Å². The Balaban J connectivity index is 2.29. The minimum Gasteiger partial charge on any atom is -0.313 e. The van der Waals surface area contributed by atoms with Gasteiger partial charge in [-0.15, -0.1) is 11.8 Å². The third-order valence-electron chi connectivity index (χ3n) is 2.70. The topological polar surface area (TPSA) is 49.8 Å². The van der Waals surface area contributed by atoms with Crippen LogP contribution in [0.15, 0.2) is 29.2 Å². The van der Waals surface area contributed by atoms with Crippen LogP contribution in [0.25, 0.3) is 0 Å². The van der Waals surface area contributed by atoms with E-state index in [9.17, 15) is 4.39 Å². The lowest BCUT2D eigenvalue weighted by Gasteiger charge is -2.18. The molecule has 1 aromatic carbocycles. The zero-order valence-corrected chi connectivity index (χ0v) is 10.8. The van der Waals surface area contributed by atoms with Crippen LogP contribution in [0.5, 0.6) is 0 Å². The number of nitrogens with zero attached hydrogens (tertiary/aromatic N) is 1. The maximum atomic E-state index is 12.7. The predicted molar refractivity (Wildman–Crippen MR) is 69.2 cm³/mol. The number of benzene rings is 1. The van der Waals surface area contributed by atoms with Crippen molar-refractivity contribution < 1.29 is 4.39 Å². The third-order valence-corrected chi connectivity index (χ3v) is 3.80. The first-order valence-electron chi connectivity index (χ1n) is 5.68. The molecule has 0 aliphatic rings. The fourth-order valence-corrected chi connectivity index (χ4v) is 2.27. The van der Waals surface area contributed by atoms with Gasteiger partial charge < -0.3 is 5.73 Å². The van der Waals surface area contributed by atoms with Gasteiger partial charge in [0.1, 0.15) is 11.4 Å². The van der Waals surface area contributed by atoms with Crippen molar-refractivity contribution in [3.05, 3.63) is 30.1 Å². The molecule has 0 aliphatic carbocycles. The fourth-order valence-electron chi connectivity index (χ4n) is 1.42. The average Bonchev–Trinajstić information content (AvgIpc) is 2.36. The van der Waals surface area contributed by atoms with E-state index in [4.69, 9.17) is 11.0 Å². The van der Waals surface area contributed by atoms with E-state index < -0.39 is 5.54 Å². The Hall–Kier alpha value is -1.05. The first-order valence-corrected chi connectivity index (χ1v) is 6.67. The van der Waals surface area contributed by atoms with Crippen LogP contribution >= 0.6 is 11.8 Å². The molecular formula is C13H17FN2S. The molecule has 0 bridgehead atoms. The highest BCUT2D eigenvalue weighted by atomic mass is 32.2. The summed E-state index contributed by atoms with van der Waals surface area (Å²) in [6.07, 6.45) is 2.26. The molecule has 0 fully saturated rings. The van der Waals surface area contributed by atoms with Crippen molar-refractivity contribution in [2.45, 2.75) is 36.6 Å². The van der Waals surface area contributed by atoms with E-state index in [1.807, 2.05) is 6.92 Å². The largest absolute Gasteiger partial charge is 0.313 e. The highest BCUT2D eigenvalue weighted by molar-refractivity contribution is 7.99. The molecular weight excluding hydrogens is 235 g/mol. The van der Waals surface area contributed by atoms with Crippen LogP contribution in [0.3, 0.4) is 0 Å². The summed E-state index contributed by atoms with van der Waals surface area (Å²) in [5, 5.41) is 8.91. The van der Waals surface area contributed by atoms with Crippen molar-refractivity contribution in [3.8, 4) is 6.07 Å². The first kappa shape index (κ1) is 14.0. The molecule has 0 saturated carbocycles. The quantitative estimate of drug-likeness (QED) is 0.624. The molecule has 1 aromatic rings. The monoisotopic (exact) mass is 252 g/mol. The van der Waals surface area contributed by atoms with Crippen LogP contribution in [0.2, 0.25) is 0 Å². The molecule has 1 atom stereocenters. The van der Waals surface area contributed by atoms with Crippen molar-refractivity contribution >= 4 is 11.8 Å². The molecule has 0 aliphatic heterocycles.